The highest BCUT2D eigenvalue weighted by Gasteiger charge is 2.28. The molecule has 0 aliphatic heterocycles. The van der Waals surface area contributed by atoms with Crippen LogP contribution in [0.3, 0.4) is 0 Å². The van der Waals surface area contributed by atoms with E-state index in [2.05, 4.69) is 20.9 Å². The zero-order chi connectivity index (χ0) is 30.2. The van der Waals surface area contributed by atoms with Crippen molar-refractivity contribution in [3.8, 4) is 0 Å². The molecule has 1 aromatic carbocycles. The molecule has 13 heteroatoms. The van der Waals surface area contributed by atoms with Crippen LogP contribution in [-0.4, -0.2) is 61.4 Å². The van der Waals surface area contributed by atoms with Crippen LogP contribution < -0.4 is 38.9 Å². The number of benzene rings is 1. The summed E-state index contributed by atoms with van der Waals surface area (Å²) >= 11 is 12.2. The van der Waals surface area contributed by atoms with Crippen LogP contribution in [0.2, 0.25) is 10.0 Å². The number of hydrogen-bond acceptors (Lipinski definition) is 6. The Balaban J connectivity index is 2.01. The van der Waals surface area contributed by atoms with Crippen molar-refractivity contribution in [2.24, 2.45) is 33.8 Å². The van der Waals surface area contributed by atoms with Gasteiger partial charge in [-0.05, 0) is 101 Å². The minimum absolute atomic E-state index is 0.0114. The second kappa shape index (κ2) is 18.8. The SMILES string of the molecule is NCCCC[C@H](NC(=O)Cc1ccc(Cl)cc1Cl)C(=O)N[C@@H](CCCCN)C(=O)NCC1CCC(N=C(N)N)CC1. The smallest absolute Gasteiger partial charge is 0.243 e. The third-order valence-electron chi connectivity index (χ3n) is 7.26. The summed E-state index contributed by atoms with van der Waals surface area (Å²) in [6.07, 6.45) is 7.10. The van der Waals surface area contributed by atoms with E-state index in [1.54, 1.807) is 18.2 Å². The lowest BCUT2D eigenvalue weighted by atomic mass is 9.86. The molecule has 1 fully saturated rings. The fraction of sp³-hybridized carbons (Fsp3) is 0.643. The molecule has 0 saturated heterocycles. The lowest BCUT2D eigenvalue weighted by molar-refractivity contribution is -0.132. The van der Waals surface area contributed by atoms with E-state index in [0.29, 0.717) is 73.3 Å². The molecular formula is C28H46Cl2N8O3. The molecule has 1 aromatic rings. The maximum Gasteiger partial charge on any atom is 0.243 e. The number of carbonyl (C=O) groups is 3. The first kappa shape index (κ1) is 34.6. The zero-order valence-corrected chi connectivity index (χ0v) is 25.2. The van der Waals surface area contributed by atoms with Crippen LogP contribution in [0.5, 0.6) is 0 Å². The molecular weight excluding hydrogens is 567 g/mol. The van der Waals surface area contributed by atoms with Gasteiger partial charge in [0.2, 0.25) is 17.7 Å². The molecule has 0 bridgehead atoms. The van der Waals surface area contributed by atoms with E-state index in [1.807, 2.05) is 0 Å². The van der Waals surface area contributed by atoms with Crippen molar-refractivity contribution in [3.63, 3.8) is 0 Å². The molecule has 1 aliphatic carbocycles. The molecule has 11 nitrogen and oxygen atoms in total. The van der Waals surface area contributed by atoms with Crippen LogP contribution in [0, 0.1) is 5.92 Å². The lowest BCUT2D eigenvalue weighted by Gasteiger charge is -2.28. The minimum atomic E-state index is -0.823. The van der Waals surface area contributed by atoms with Crippen molar-refractivity contribution in [1.29, 1.82) is 0 Å². The number of nitrogens with one attached hydrogen (secondary N) is 3. The third kappa shape index (κ3) is 13.3. The van der Waals surface area contributed by atoms with Crippen LogP contribution in [0.15, 0.2) is 23.2 Å². The Morgan fingerprint density at radius 2 is 1.49 bits per heavy atom. The molecule has 2 atom stereocenters. The van der Waals surface area contributed by atoms with Crippen molar-refractivity contribution in [1.82, 2.24) is 16.0 Å². The number of hydrogen-bond donors (Lipinski definition) is 7. The predicted molar refractivity (Wildman–Crippen MR) is 164 cm³/mol. The van der Waals surface area contributed by atoms with Gasteiger partial charge < -0.3 is 38.9 Å². The first-order chi connectivity index (χ1) is 19.6. The van der Waals surface area contributed by atoms with Gasteiger partial charge in [-0.15, -0.1) is 0 Å². The Labute approximate surface area is 252 Å². The number of rotatable bonds is 17. The summed E-state index contributed by atoms with van der Waals surface area (Å²) in [7, 11) is 0. The summed E-state index contributed by atoms with van der Waals surface area (Å²) in [6, 6.07) is 3.46. The van der Waals surface area contributed by atoms with Gasteiger partial charge in [0.25, 0.3) is 0 Å². The summed E-state index contributed by atoms with van der Waals surface area (Å²) < 4.78 is 0. The van der Waals surface area contributed by atoms with Gasteiger partial charge in [-0.1, -0.05) is 29.3 Å². The first-order valence-electron chi connectivity index (χ1n) is 14.4. The Bertz CT molecular complexity index is 1010. The van der Waals surface area contributed by atoms with Crippen molar-refractivity contribution in [2.75, 3.05) is 19.6 Å². The van der Waals surface area contributed by atoms with E-state index >= 15 is 0 Å². The number of unbranched alkanes of at least 4 members (excludes halogenated alkanes) is 2. The van der Waals surface area contributed by atoms with Crippen LogP contribution in [0.1, 0.15) is 69.8 Å². The van der Waals surface area contributed by atoms with Crippen LogP contribution in [0.4, 0.5) is 0 Å². The highest BCUT2D eigenvalue weighted by Crippen LogP contribution is 2.26. The maximum atomic E-state index is 13.4. The lowest BCUT2D eigenvalue weighted by Crippen LogP contribution is -2.54. The van der Waals surface area contributed by atoms with Gasteiger partial charge in [0, 0.05) is 16.6 Å². The summed E-state index contributed by atoms with van der Waals surface area (Å²) in [6.45, 7) is 1.47. The van der Waals surface area contributed by atoms with E-state index < -0.39 is 18.0 Å². The Morgan fingerprint density at radius 1 is 0.878 bits per heavy atom. The molecule has 1 aliphatic rings. The number of amides is 3. The molecule has 230 valence electrons. The monoisotopic (exact) mass is 612 g/mol. The van der Waals surface area contributed by atoms with E-state index in [0.717, 1.165) is 32.1 Å². The summed E-state index contributed by atoms with van der Waals surface area (Å²) in [5, 5.41) is 9.55. The molecule has 0 heterocycles. The molecule has 0 unspecified atom stereocenters. The zero-order valence-electron chi connectivity index (χ0n) is 23.7. The number of guanidine groups is 1. The Morgan fingerprint density at radius 3 is 2.05 bits per heavy atom. The van der Waals surface area contributed by atoms with Crippen molar-refractivity contribution >= 4 is 46.9 Å². The second-order valence-corrected chi connectivity index (χ2v) is 11.5. The average molecular weight is 614 g/mol. The average Bonchev–Trinajstić information content (AvgIpc) is 2.92. The first-order valence-corrected chi connectivity index (χ1v) is 15.2. The highest BCUT2D eigenvalue weighted by molar-refractivity contribution is 6.35. The minimum Gasteiger partial charge on any atom is -0.370 e. The van der Waals surface area contributed by atoms with Gasteiger partial charge in [0.05, 0.1) is 12.5 Å². The van der Waals surface area contributed by atoms with Gasteiger partial charge in [-0.2, -0.15) is 0 Å². The van der Waals surface area contributed by atoms with Crippen LogP contribution >= 0.6 is 23.2 Å². The van der Waals surface area contributed by atoms with Gasteiger partial charge >= 0.3 is 0 Å². The second-order valence-electron chi connectivity index (χ2n) is 10.6. The topological polar surface area (TPSA) is 204 Å². The van der Waals surface area contributed by atoms with Crippen molar-refractivity contribution < 1.29 is 14.4 Å². The fourth-order valence-electron chi connectivity index (χ4n) is 4.94. The van der Waals surface area contributed by atoms with Gasteiger partial charge in [-0.3, -0.25) is 19.4 Å². The Hall–Kier alpha value is -2.60. The van der Waals surface area contributed by atoms with Crippen molar-refractivity contribution in [2.45, 2.75) is 88.8 Å². The molecule has 0 spiro atoms. The molecule has 0 radical (unpaired) electrons. The van der Waals surface area contributed by atoms with Crippen molar-refractivity contribution in [3.05, 3.63) is 33.8 Å². The van der Waals surface area contributed by atoms with Gasteiger partial charge in [0.1, 0.15) is 12.1 Å². The standard InChI is InChI=1S/C28H46Cl2N8O3/c29-20-10-9-19(22(30)16-20)15-25(39)37-24(6-2-4-14-32)27(41)38-23(5-1-3-13-31)26(40)35-17-18-7-11-21(12-8-18)36-28(33)34/h9-10,16,18,21,23-24H,1-8,11-15,17,31-32H2,(H,35,40)(H,37,39)(H,38,41)(H4,33,34,36)/t18?,21?,23-,24-/m0/s1. The van der Waals surface area contributed by atoms with E-state index in [9.17, 15) is 14.4 Å². The van der Waals surface area contributed by atoms with Gasteiger partial charge in [0.15, 0.2) is 5.96 Å². The number of halogens is 2. The molecule has 41 heavy (non-hydrogen) atoms. The van der Waals surface area contributed by atoms with E-state index in [-0.39, 0.29) is 30.2 Å². The van der Waals surface area contributed by atoms with Crippen LogP contribution in [0.25, 0.3) is 0 Å². The quantitative estimate of drug-likeness (QED) is 0.0786. The summed E-state index contributed by atoms with van der Waals surface area (Å²) in [5.41, 5.74) is 22.9. The molecule has 3 amide bonds. The largest absolute Gasteiger partial charge is 0.370 e. The molecule has 0 aromatic heterocycles. The molecule has 11 N–H and O–H groups in total. The fourth-order valence-corrected chi connectivity index (χ4v) is 5.41. The highest BCUT2D eigenvalue weighted by atomic mass is 35.5. The number of nitrogens with zero attached hydrogens (tertiary/aromatic N) is 1. The number of aliphatic imine (C=N–C) groups is 1. The maximum absolute atomic E-state index is 13.4. The van der Waals surface area contributed by atoms with Crippen LogP contribution in [-0.2, 0) is 20.8 Å². The van der Waals surface area contributed by atoms with E-state index in [1.165, 1.54) is 0 Å². The summed E-state index contributed by atoms with van der Waals surface area (Å²) in [4.78, 5) is 43.7. The number of carbonyl (C=O) groups excluding carboxylic acids is 3. The third-order valence-corrected chi connectivity index (χ3v) is 7.84. The van der Waals surface area contributed by atoms with Gasteiger partial charge in [-0.25, -0.2) is 0 Å². The predicted octanol–water partition coefficient (Wildman–Crippen LogP) is 1.71. The van der Waals surface area contributed by atoms with E-state index in [4.69, 9.17) is 46.1 Å². The molecule has 2 rings (SSSR count). The number of nitrogens with two attached hydrogens (primary N) is 4. The normalized spacial score (nSPS) is 18.1. The Kier molecular flexibility index (Phi) is 15.8. The molecule has 1 saturated carbocycles. The summed E-state index contributed by atoms with van der Waals surface area (Å²) in [5.74, 6) is -0.607.